The molecule has 1 N–H and O–H groups in total. The van der Waals surface area contributed by atoms with Gasteiger partial charge in [0.2, 0.25) is 15.8 Å². The van der Waals surface area contributed by atoms with Crippen molar-refractivity contribution in [2.24, 2.45) is 0 Å². The van der Waals surface area contributed by atoms with Crippen molar-refractivity contribution in [2.75, 3.05) is 0 Å². The van der Waals surface area contributed by atoms with Gasteiger partial charge in [0, 0.05) is 0 Å². The highest BCUT2D eigenvalue weighted by Gasteiger charge is 2.57. The minimum absolute atomic E-state index is 0.117. The molecule has 0 bridgehead atoms. The van der Waals surface area contributed by atoms with Crippen molar-refractivity contribution in [1.29, 1.82) is 0 Å². The predicted octanol–water partition coefficient (Wildman–Crippen LogP) is 4.22. The summed E-state index contributed by atoms with van der Waals surface area (Å²) in [5.74, 6) is -2.74. The normalized spacial score (nSPS) is 26.6. The Labute approximate surface area is 180 Å². The second-order valence-corrected chi connectivity index (χ2v) is 9.58. The molecule has 31 heavy (non-hydrogen) atoms. The molecule has 1 aliphatic rings. The van der Waals surface area contributed by atoms with Gasteiger partial charge in [-0.05, 0) is 48.9 Å². The highest BCUT2D eigenvalue weighted by Crippen LogP contribution is 2.46. The van der Waals surface area contributed by atoms with E-state index in [9.17, 15) is 8.42 Å². The average molecular weight is 447 g/mol. The van der Waals surface area contributed by atoms with Gasteiger partial charge in [-0.1, -0.05) is 49.4 Å². The third-order valence-electron chi connectivity index (χ3n) is 6.14. The third kappa shape index (κ3) is 3.87. The third-order valence-corrected chi connectivity index (χ3v) is 7.65. The van der Waals surface area contributed by atoms with Gasteiger partial charge in [0.15, 0.2) is 6.17 Å². The number of sulfonamides is 1. The van der Waals surface area contributed by atoms with Crippen molar-refractivity contribution in [3.05, 3.63) is 67.3 Å². The fourth-order valence-corrected chi connectivity index (χ4v) is 5.67. The van der Waals surface area contributed by atoms with E-state index in [1.165, 1.54) is 29.4 Å². The molecule has 6 nitrogen and oxygen atoms in total. The summed E-state index contributed by atoms with van der Waals surface area (Å²) in [6.45, 7) is 1.75. The summed E-state index contributed by atoms with van der Waals surface area (Å²) < 4.78 is 60.9. The Morgan fingerprint density at radius 3 is 2.26 bits per heavy atom. The summed E-state index contributed by atoms with van der Waals surface area (Å²) in [6.07, 6.45) is 1.29. The van der Waals surface area contributed by atoms with Gasteiger partial charge in [0.05, 0.1) is 10.4 Å². The molecule has 0 aliphatic heterocycles. The van der Waals surface area contributed by atoms with Crippen LogP contribution < -0.4 is 4.72 Å². The molecule has 1 aliphatic carbocycles. The summed E-state index contributed by atoms with van der Waals surface area (Å²) in [6, 6.07) is 15.6. The first-order valence-electron chi connectivity index (χ1n) is 10.2. The van der Waals surface area contributed by atoms with Crippen LogP contribution in [0.15, 0.2) is 72.1 Å². The lowest BCUT2D eigenvalue weighted by Crippen LogP contribution is -2.63. The first-order valence-corrected chi connectivity index (χ1v) is 11.7. The number of halogens is 2. The van der Waals surface area contributed by atoms with Crippen LogP contribution in [0.25, 0.3) is 11.1 Å². The number of nitrogens with zero attached hydrogens (tertiary/aromatic N) is 3. The van der Waals surface area contributed by atoms with Crippen molar-refractivity contribution in [3.8, 4) is 11.1 Å². The maximum absolute atomic E-state index is 15.8. The van der Waals surface area contributed by atoms with Crippen molar-refractivity contribution >= 4 is 10.0 Å². The molecule has 1 unspecified atom stereocenters. The summed E-state index contributed by atoms with van der Waals surface area (Å²) in [5, 5.41) is 7.43. The van der Waals surface area contributed by atoms with Crippen LogP contribution in [0.4, 0.5) is 8.78 Å². The molecule has 0 saturated heterocycles. The Bertz CT molecular complexity index is 1120. The molecule has 1 fully saturated rings. The van der Waals surface area contributed by atoms with Gasteiger partial charge in [0.1, 0.15) is 12.7 Å². The maximum atomic E-state index is 15.8. The molecule has 1 heterocycles. The van der Waals surface area contributed by atoms with Gasteiger partial charge in [-0.15, -0.1) is 10.2 Å². The number of hydrogen-bond acceptors (Lipinski definition) is 4. The summed E-state index contributed by atoms with van der Waals surface area (Å²) in [5.41, 5.74) is 0.503. The SMILES string of the molecule is CC[C@@]1(n2cnnc2)CCC[C@@](F)(NS(=O)(=O)c2ccc(-c3ccccc3)cc2)C1F. The Kier molecular flexibility index (Phi) is 5.65. The first kappa shape index (κ1) is 21.6. The van der Waals surface area contributed by atoms with Gasteiger partial charge in [-0.2, -0.15) is 4.72 Å². The van der Waals surface area contributed by atoms with Crippen LogP contribution >= 0.6 is 0 Å². The van der Waals surface area contributed by atoms with Gasteiger partial charge in [-0.3, -0.25) is 0 Å². The van der Waals surface area contributed by atoms with E-state index in [2.05, 4.69) is 10.2 Å². The van der Waals surface area contributed by atoms with Crippen LogP contribution in [0.3, 0.4) is 0 Å². The van der Waals surface area contributed by atoms with Crippen LogP contribution in [0.2, 0.25) is 0 Å². The molecule has 1 saturated carbocycles. The van der Waals surface area contributed by atoms with E-state index in [-0.39, 0.29) is 17.7 Å². The van der Waals surface area contributed by atoms with Crippen molar-refractivity contribution < 1.29 is 17.2 Å². The van der Waals surface area contributed by atoms with E-state index < -0.39 is 27.5 Å². The molecular formula is C22H24F2N4O2S. The molecule has 0 amide bonds. The maximum Gasteiger partial charge on any atom is 0.243 e. The van der Waals surface area contributed by atoms with E-state index in [0.717, 1.165) is 11.1 Å². The first-order chi connectivity index (χ1) is 14.8. The molecule has 0 radical (unpaired) electrons. The molecule has 2 aromatic carbocycles. The highest BCUT2D eigenvalue weighted by atomic mass is 32.2. The van der Waals surface area contributed by atoms with Crippen LogP contribution in [0.1, 0.15) is 32.6 Å². The molecule has 0 spiro atoms. The molecule has 9 heteroatoms. The topological polar surface area (TPSA) is 76.9 Å². The zero-order valence-electron chi connectivity index (χ0n) is 17.1. The van der Waals surface area contributed by atoms with Crippen LogP contribution in [0.5, 0.6) is 0 Å². The number of alkyl halides is 2. The van der Waals surface area contributed by atoms with Crippen LogP contribution in [-0.4, -0.2) is 35.1 Å². The fourth-order valence-electron chi connectivity index (χ4n) is 4.40. The van der Waals surface area contributed by atoms with E-state index in [4.69, 9.17) is 0 Å². The summed E-state index contributed by atoms with van der Waals surface area (Å²) >= 11 is 0. The van der Waals surface area contributed by atoms with E-state index in [1.807, 2.05) is 35.1 Å². The zero-order chi connectivity index (χ0) is 22.1. The number of nitrogens with one attached hydrogen (secondary N) is 1. The second kappa shape index (κ2) is 8.12. The largest absolute Gasteiger partial charge is 0.311 e. The van der Waals surface area contributed by atoms with Crippen LogP contribution in [-0.2, 0) is 15.6 Å². The summed E-state index contributed by atoms with van der Waals surface area (Å²) in [4.78, 5) is -0.117. The number of hydrogen-bond donors (Lipinski definition) is 1. The quantitative estimate of drug-likeness (QED) is 0.576. The average Bonchev–Trinajstić information content (AvgIpc) is 3.32. The molecule has 3 atom stereocenters. The lowest BCUT2D eigenvalue weighted by atomic mass is 9.74. The lowest BCUT2D eigenvalue weighted by Gasteiger charge is -2.47. The predicted molar refractivity (Wildman–Crippen MR) is 113 cm³/mol. The monoisotopic (exact) mass is 446 g/mol. The summed E-state index contributed by atoms with van der Waals surface area (Å²) in [7, 11) is -4.28. The van der Waals surface area contributed by atoms with E-state index in [0.29, 0.717) is 12.8 Å². The Balaban J connectivity index is 1.61. The van der Waals surface area contributed by atoms with Gasteiger partial charge >= 0.3 is 0 Å². The van der Waals surface area contributed by atoms with Crippen molar-refractivity contribution in [1.82, 2.24) is 19.5 Å². The number of benzene rings is 2. The molecule has 4 rings (SSSR count). The number of aromatic nitrogens is 3. The minimum Gasteiger partial charge on any atom is -0.311 e. The molecular weight excluding hydrogens is 422 g/mol. The molecule has 3 aromatic rings. The van der Waals surface area contributed by atoms with Crippen molar-refractivity contribution in [2.45, 2.75) is 55.0 Å². The van der Waals surface area contributed by atoms with Gasteiger partial charge in [0.25, 0.3) is 0 Å². The van der Waals surface area contributed by atoms with Crippen molar-refractivity contribution in [3.63, 3.8) is 0 Å². The van der Waals surface area contributed by atoms with E-state index in [1.54, 1.807) is 19.1 Å². The lowest BCUT2D eigenvalue weighted by molar-refractivity contribution is -0.0779. The van der Waals surface area contributed by atoms with E-state index >= 15 is 8.78 Å². The van der Waals surface area contributed by atoms with Gasteiger partial charge < -0.3 is 4.57 Å². The van der Waals surface area contributed by atoms with Crippen LogP contribution in [0, 0.1) is 0 Å². The molecule has 164 valence electrons. The fraction of sp³-hybridized carbons (Fsp3) is 0.364. The standard InChI is InChI=1S/C22H24F2N4O2S/c1-2-21(28-15-25-26-16-28)13-6-14-22(24,20(21)23)27-31(29,30)19-11-9-18(10-12-19)17-7-4-3-5-8-17/h3-5,7-12,15-16,20,27H,2,6,13-14H2,1H3/t20?,21-,22-/m1/s1. The minimum atomic E-state index is -4.28. The smallest absolute Gasteiger partial charge is 0.243 e. The number of rotatable bonds is 6. The highest BCUT2D eigenvalue weighted by molar-refractivity contribution is 7.89. The van der Waals surface area contributed by atoms with Gasteiger partial charge in [-0.25, -0.2) is 17.2 Å². The Morgan fingerprint density at radius 1 is 1.03 bits per heavy atom. The second-order valence-electron chi connectivity index (χ2n) is 7.90. The Morgan fingerprint density at radius 2 is 1.65 bits per heavy atom. The molecule has 1 aromatic heterocycles. The zero-order valence-corrected chi connectivity index (χ0v) is 17.9. The Hall–Kier alpha value is -2.65.